The number of nitrogens with two attached hydrogens (primary N) is 1. The zero-order valence-electron chi connectivity index (χ0n) is 24.5. The average Bonchev–Trinajstić information content (AvgIpc) is 3.34. The summed E-state index contributed by atoms with van der Waals surface area (Å²) in [7, 11) is -3.90. The van der Waals surface area contributed by atoms with Gasteiger partial charge in [0, 0.05) is 18.9 Å². The highest BCUT2D eigenvalue weighted by molar-refractivity contribution is 7.52. The molecule has 0 aliphatic heterocycles. The van der Waals surface area contributed by atoms with Gasteiger partial charge in [-0.05, 0) is 19.8 Å². The second kappa shape index (κ2) is 19.9. The molecule has 2 aromatic rings. The zero-order valence-corrected chi connectivity index (χ0v) is 25.4. The summed E-state index contributed by atoms with van der Waals surface area (Å²) >= 11 is 0. The summed E-state index contributed by atoms with van der Waals surface area (Å²) in [6, 6.07) is 0. The Labute approximate surface area is 246 Å². The SMILES string of the molecule is C[C@H](Cn1cnc2c(N)ncnc21)OCP(=O)(O)OCCOCCCCCCCCCCCCCCC#CC(F)(F)F. The molecule has 0 amide bonds. The van der Waals surface area contributed by atoms with Gasteiger partial charge < -0.3 is 29.2 Å². The lowest BCUT2D eigenvalue weighted by molar-refractivity contribution is -0.0697. The summed E-state index contributed by atoms with van der Waals surface area (Å²) < 4.78 is 65.9. The molecule has 0 saturated heterocycles. The molecule has 0 aliphatic carbocycles. The molecular weight excluding hydrogens is 574 g/mol. The number of alkyl halides is 3. The number of hydrogen-bond donors (Lipinski definition) is 2. The van der Waals surface area contributed by atoms with Crippen LogP contribution in [0.2, 0.25) is 0 Å². The lowest BCUT2D eigenvalue weighted by Crippen LogP contribution is -2.18. The summed E-state index contributed by atoms with van der Waals surface area (Å²) in [6.45, 7) is 2.98. The van der Waals surface area contributed by atoms with Gasteiger partial charge in [-0.15, -0.1) is 0 Å². The van der Waals surface area contributed by atoms with Crippen molar-refractivity contribution in [3.05, 3.63) is 12.7 Å². The molecule has 2 rings (SSSR count). The highest BCUT2D eigenvalue weighted by Gasteiger charge is 2.23. The van der Waals surface area contributed by atoms with E-state index in [9.17, 15) is 22.6 Å². The number of ether oxygens (including phenoxy) is 2. The molecule has 14 heteroatoms. The van der Waals surface area contributed by atoms with E-state index in [1.807, 2.05) is 0 Å². The molecule has 0 aromatic carbocycles. The van der Waals surface area contributed by atoms with Gasteiger partial charge in [0.25, 0.3) is 0 Å². The molecule has 2 aromatic heterocycles. The third-order valence-electron chi connectivity index (χ3n) is 6.50. The number of hydrogen-bond acceptors (Lipinski definition) is 8. The maximum Gasteiger partial charge on any atom is 0.457 e. The van der Waals surface area contributed by atoms with E-state index in [1.165, 1.54) is 44.4 Å². The van der Waals surface area contributed by atoms with Gasteiger partial charge in [0.2, 0.25) is 0 Å². The van der Waals surface area contributed by atoms with Crippen LogP contribution in [0.1, 0.15) is 90.4 Å². The number of imidazole rings is 1. The fourth-order valence-electron chi connectivity index (χ4n) is 4.31. The van der Waals surface area contributed by atoms with Crippen LogP contribution in [0.5, 0.6) is 0 Å². The maximum atomic E-state index is 12.2. The van der Waals surface area contributed by atoms with E-state index in [0.717, 1.165) is 44.9 Å². The Morgan fingerprint density at radius 3 is 2.21 bits per heavy atom. The van der Waals surface area contributed by atoms with E-state index in [0.29, 0.717) is 30.7 Å². The first-order valence-electron chi connectivity index (χ1n) is 14.7. The number of aromatic nitrogens is 4. The normalized spacial score (nSPS) is 14.0. The first-order chi connectivity index (χ1) is 20.1. The smallest absolute Gasteiger partial charge is 0.382 e. The van der Waals surface area contributed by atoms with Crippen molar-refractivity contribution in [2.45, 2.75) is 109 Å². The molecule has 2 heterocycles. The van der Waals surface area contributed by atoms with E-state index in [4.69, 9.17) is 19.7 Å². The summed E-state index contributed by atoms with van der Waals surface area (Å²) in [5.41, 5.74) is 6.85. The van der Waals surface area contributed by atoms with Crippen LogP contribution in [0.25, 0.3) is 11.2 Å². The number of anilines is 1. The van der Waals surface area contributed by atoms with E-state index >= 15 is 0 Å². The van der Waals surface area contributed by atoms with Crippen molar-refractivity contribution in [3.8, 4) is 11.8 Å². The minimum Gasteiger partial charge on any atom is -0.382 e. The van der Waals surface area contributed by atoms with Crippen molar-refractivity contribution >= 4 is 24.6 Å². The van der Waals surface area contributed by atoms with E-state index in [1.54, 1.807) is 17.8 Å². The highest BCUT2D eigenvalue weighted by Crippen LogP contribution is 2.41. The summed E-state index contributed by atoms with van der Waals surface area (Å²) in [6.07, 6.45) is 11.0. The van der Waals surface area contributed by atoms with Crippen LogP contribution in [-0.4, -0.2) is 62.9 Å². The predicted molar refractivity (Wildman–Crippen MR) is 156 cm³/mol. The largest absolute Gasteiger partial charge is 0.457 e. The van der Waals surface area contributed by atoms with Gasteiger partial charge in [-0.3, -0.25) is 4.57 Å². The first kappa shape index (κ1) is 36.0. The van der Waals surface area contributed by atoms with Crippen LogP contribution in [0, 0.1) is 11.8 Å². The average molecular weight is 620 g/mol. The second-order valence-electron chi connectivity index (χ2n) is 10.3. The molecule has 1 unspecified atom stereocenters. The van der Waals surface area contributed by atoms with Gasteiger partial charge in [-0.25, -0.2) is 15.0 Å². The first-order valence-corrected chi connectivity index (χ1v) is 16.5. The molecule has 0 spiro atoms. The third-order valence-corrected chi connectivity index (χ3v) is 7.56. The summed E-state index contributed by atoms with van der Waals surface area (Å²) in [4.78, 5) is 22.3. The van der Waals surface area contributed by atoms with Crippen molar-refractivity contribution in [3.63, 3.8) is 0 Å². The van der Waals surface area contributed by atoms with Gasteiger partial charge in [0.15, 0.2) is 11.5 Å². The van der Waals surface area contributed by atoms with Crippen LogP contribution in [-0.2, 0) is 25.1 Å². The molecule has 0 aliphatic rings. The number of unbranched alkanes of at least 4 members (excludes halogenated alkanes) is 12. The quantitative estimate of drug-likeness (QED) is 0.0799. The molecule has 3 N–H and O–H groups in total. The summed E-state index contributed by atoms with van der Waals surface area (Å²) in [5.74, 6) is 3.77. The van der Waals surface area contributed by atoms with Crippen LogP contribution in [0.4, 0.5) is 19.0 Å². The van der Waals surface area contributed by atoms with E-state index in [-0.39, 0.29) is 25.1 Å². The Kier molecular flexibility index (Phi) is 17.0. The zero-order chi connectivity index (χ0) is 30.7. The van der Waals surface area contributed by atoms with Crippen molar-refractivity contribution in [1.29, 1.82) is 0 Å². The molecule has 0 fully saturated rings. The Bertz CT molecular complexity index is 1140. The fourth-order valence-corrected chi connectivity index (χ4v) is 5.19. The minimum absolute atomic E-state index is 0.0139. The summed E-state index contributed by atoms with van der Waals surface area (Å²) in [5, 5.41) is 0. The van der Waals surface area contributed by atoms with Gasteiger partial charge in [-0.2, -0.15) is 13.2 Å². The maximum absolute atomic E-state index is 12.2. The van der Waals surface area contributed by atoms with Gasteiger partial charge in [0.1, 0.15) is 18.2 Å². The van der Waals surface area contributed by atoms with Gasteiger partial charge in [0.05, 0.1) is 32.2 Å². The lowest BCUT2D eigenvalue weighted by atomic mass is 10.0. The standard InChI is InChI=1S/C28H45F3N5O5P/c1-24(20-36-22-35-25-26(32)33-21-34-27(25)36)40-23-42(37,38)41-19-18-39-17-15-13-11-9-7-5-3-2-4-6-8-10-12-14-16-28(29,30)31/h21-22,24H,2-13,15,17-20,23H2,1H3,(H,37,38)(H2,32,33,34)/t24-/m1/s1. The second-order valence-corrected chi connectivity index (χ2v) is 12.1. The molecule has 238 valence electrons. The Balaban J connectivity index is 1.36. The monoisotopic (exact) mass is 619 g/mol. The van der Waals surface area contributed by atoms with Gasteiger partial charge in [-0.1, -0.05) is 70.1 Å². The Hall–Kier alpha value is -2.23. The Morgan fingerprint density at radius 1 is 0.952 bits per heavy atom. The van der Waals surface area contributed by atoms with Crippen LogP contribution < -0.4 is 5.73 Å². The predicted octanol–water partition coefficient (Wildman–Crippen LogP) is 6.63. The van der Waals surface area contributed by atoms with Crippen molar-refractivity contribution in [1.82, 2.24) is 19.5 Å². The molecule has 0 bridgehead atoms. The van der Waals surface area contributed by atoms with Crippen molar-refractivity contribution in [2.75, 3.05) is 31.9 Å². The molecule has 42 heavy (non-hydrogen) atoms. The number of rotatable bonds is 23. The fraction of sp³-hybridized carbons (Fsp3) is 0.750. The minimum atomic E-state index is -4.37. The number of nitrogens with zero attached hydrogens (tertiary/aromatic N) is 4. The number of halogens is 3. The number of fused-ring (bicyclic) bond motifs is 1. The molecule has 0 radical (unpaired) electrons. The molecule has 0 saturated carbocycles. The Morgan fingerprint density at radius 2 is 1.57 bits per heavy atom. The van der Waals surface area contributed by atoms with Crippen molar-refractivity contribution < 1.29 is 36.6 Å². The third kappa shape index (κ3) is 16.4. The topological polar surface area (TPSA) is 135 Å². The van der Waals surface area contributed by atoms with Crippen LogP contribution in [0.15, 0.2) is 12.7 Å². The molecular formula is C28H45F3N5O5P. The highest BCUT2D eigenvalue weighted by atomic mass is 31.2. The van der Waals surface area contributed by atoms with Crippen LogP contribution >= 0.6 is 7.60 Å². The van der Waals surface area contributed by atoms with E-state index < -0.39 is 20.1 Å². The van der Waals surface area contributed by atoms with E-state index in [2.05, 4.69) is 20.9 Å². The number of nitrogen functional groups attached to an aromatic ring is 1. The van der Waals surface area contributed by atoms with Gasteiger partial charge >= 0.3 is 13.8 Å². The lowest BCUT2D eigenvalue weighted by Gasteiger charge is -2.17. The van der Waals surface area contributed by atoms with Crippen LogP contribution in [0.3, 0.4) is 0 Å². The molecule has 2 atom stereocenters. The molecule has 10 nitrogen and oxygen atoms in total. The van der Waals surface area contributed by atoms with Crippen molar-refractivity contribution in [2.24, 2.45) is 0 Å².